The highest BCUT2D eigenvalue weighted by Gasteiger charge is 2.31. The summed E-state index contributed by atoms with van der Waals surface area (Å²) >= 11 is 0. The van der Waals surface area contributed by atoms with E-state index in [1.54, 1.807) is 0 Å². The molecule has 0 radical (unpaired) electrons. The minimum Gasteiger partial charge on any atom is -0.306 e. The fourth-order valence-corrected chi connectivity index (χ4v) is 2.31. The number of nitrogens with zero attached hydrogens (tertiary/aromatic N) is 1. The molecule has 0 bridgehead atoms. The van der Waals surface area contributed by atoms with Crippen LogP contribution in [0, 0.1) is 11.8 Å². The first kappa shape index (κ1) is 11.4. The molecule has 3 nitrogen and oxygen atoms in total. The van der Waals surface area contributed by atoms with Crippen molar-refractivity contribution in [2.75, 3.05) is 20.1 Å². The fourth-order valence-electron chi connectivity index (χ4n) is 2.31. The Kier molecular flexibility index (Phi) is 3.81. The second kappa shape index (κ2) is 4.69. The van der Waals surface area contributed by atoms with Crippen LogP contribution in [0.1, 0.15) is 26.7 Å². The lowest BCUT2D eigenvalue weighted by molar-refractivity contribution is -0.133. The maximum Gasteiger partial charge on any atom is 0.140 e. The van der Waals surface area contributed by atoms with Gasteiger partial charge in [-0.2, -0.15) is 0 Å². The standard InChI is InChI=1S/C11H19NO2/c1-8(13)11(9(2)14)10-4-6-12(3)7-5-10/h10-11H,4-7H2,1-3H3. The Bertz CT molecular complexity index is 215. The summed E-state index contributed by atoms with van der Waals surface area (Å²) in [5.41, 5.74) is 0. The Morgan fingerprint density at radius 1 is 1.14 bits per heavy atom. The largest absolute Gasteiger partial charge is 0.306 e. The highest BCUT2D eigenvalue weighted by Crippen LogP contribution is 2.25. The van der Waals surface area contributed by atoms with Crippen molar-refractivity contribution < 1.29 is 9.59 Å². The topological polar surface area (TPSA) is 37.4 Å². The van der Waals surface area contributed by atoms with E-state index in [4.69, 9.17) is 0 Å². The zero-order valence-corrected chi connectivity index (χ0v) is 9.25. The number of ketones is 2. The molecule has 1 saturated heterocycles. The van der Waals surface area contributed by atoms with Crippen molar-refractivity contribution in [2.24, 2.45) is 11.8 Å². The molecule has 0 aromatic heterocycles. The molecule has 1 aliphatic rings. The quantitative estimate of drug-likeness (QED) is 0.636. The second-order valence-corrected chi connectivity index (χ2v) is 4.34. The summed E-state index contributed by atoms with van der Waals surface area (Å²) in [6.45, 7) is 5.07. The number of carbonyl (C=O) groups excluding carboxylic acids is 2. The summed E-state index contributed by atoms with van der Waals surface area (Å²) < 4.78 is 0. The lowest BCUT2D eigenvalue weighted by atomic mass is 9.80. The van der Waals surface area contributed by atoms with E-state index in [0.717, 1.165) is 25.9 Å². The van der Waals surface area contributed by atoms with Gasteiger partial charge in [0, 0.05) is 0 Å². The number of likely N-dealkylation sites (tertiary alicyclic amines) is 1. The SMILES string of the molecule is CC(=O)C(C(C)=O)C1CCN(C)CC1. The van der Waals surface area contributed by atoms with Gasteiger partial charge in [-0.05, 0) is 52.7 Å². The summed E-state index contributed by atoms with van der Waals surface area (Å²) in [5, 5.41) is 0. The van der Waals surface area contributed by atoms with Crippen molar-refractivity contribution >= 4 is 11.6 Å². The van der Waals surface area contributed by atoms with Crippen LogP contribution in [0.5, 0.6) is 0 Å². The molecule has 0 aromatic carbocycles. The number of hydrogen-bond donors (Lipinski definition) is 0. The van der Waals surface area contributed by atoms with Crippen LogP contribution in [0.4, 0.5) is 0 Å². The maximum atomic E-state index is 11.3. The van der Waals surface area contributed by atoms with E-state index < -0.39 is 0 Å². The van der Waals surface area contributed by atoms with Crippen LogP contribution in [0.25, 0.3) is 0 Å². The van der Waals surface area contributed by atoms with Crippen LogP contribution in [0.3, 0.4) is 0 Å². The molecule has 0 atom stereocenters. The summed E-state index contributed by atoms with van der Waals surface area (Å²) in [6, 6.07) is 0. The molecule has 0 saturated carbocycles. The molecule has 80 valence electrons. The highest BCUT2D eigenvalue weighted by molar-refractivity contribution is 6.00. The Balaban J connectivity index is 2.61. The third kappa shape index (κ3) is 2.64. The van der Waals surface area contributed by atoms with E-state index in [9.17, 15) is 9.59 Å². The van der Waals surface area contributed by atoms with Crippen molar-refractivity contribution in [3.8, 4) is 0 Å². The molecule has 1 rings (SSSR count). The molecule has 1 aliphatic heterocycles. The predicted molar refractivity (Wildman–Crippen MR) is 55.1 cm³/mol. The van der Waals surface area contributed by atoms with Crippen molar-refractivity contribution in [1.82, 2.24) is 4.90 Å². The van der Waals surface area contributed by atoms with E-state index in [1.807, 2.05) is 0 Å². The Hall–Kier alpha value is -0.700. The average molecular weight is 197 g/mol. The summed E-state index contributed by atoms with van der Waals surface area (Å²) in [5.74, 6) is 0.00371. The van der Waals surface area contributed by atoms with Crippen LogP contribution >= 0.6 is 0 Å². The minimum atomic E-state index is -0.344. The Morgan fingerprint density at radius 3 is 1.93 bits per heavy atom. The van der Waals surface area contributed by atoms with Crippen molar-refractivity contribution in [3.05, 3.63) is 0 Å². The van der Waals surface area contributed by atoms with Crippen molar-refractivity contribution in [1.29, 1.82) is 0 Å². The molecule has 0 spiro atoms. The number of piperidine rings is 1. The van der Waals surface area contributed by atoms with Gasteiger partial charge in [-0.3, -0.25) is 9.59 Å². The molecule has 3 heteroatoms. The third-order valence-electron chi connectivity index (χ3n) is 3.11. The average Bonchev–Trinajstić information content (AvgIpc) is 2.07. The van der Waals surface area contributed by atoms with Crippen LogP contribution in [0.2, 0.25) is 0 Å². The van der Waals surface area contributed by atoms with Crippen LogP contribution < -0.4 is 0 Å². The van der Waals surface area contributed by atoms with Crippen molar-refractivity contribution in [3.63, 3.8) is 0 Å². The number of Topliss-reactive ketones (excluding diaryl/α,β-unsaturated/α-hetero) is 2. The molecule has 0 aromatic rings. The summed E-state index contributed by atoms with van der Waals surface area (Å²) in [4.78, 5) is 24.9. The summed E-state index contributed by atoms with van der Waals surface area (Å²) in [7, 11) is 2.08. The second-order valence-electron chi connectivity index (χ2n) is 4.34. The summed E-state index contributed by atoms with van der Waals surface area (Å²) in [6.07, 6.45) is 1.95. The molecule has 0 amide bonds. The van der Waals surface area contributed by atoms with Crippen molar-refractivity contribution in [2.45, 2.75) is 26.7 Å². The van der Waals surface area contributed by atoms with Gasteiger partial charge in [0.05, 0.1) is 5.92 Å². The van der Waals surface area contributed by atoms with Gasteiger partial charge in [0.1, 0.15) is 11.6 Å². The third-order valence-corrected chi connectivity index (χ3v) is 3.11. The zero-order chi connectivity index (χ0) is 10.7. The Labute approximate surface area is 85.5 Å². The smallest absolute Gasteiger partial charge is 0.140 e. The van der Waals surface area contributed by atoms with E-state index in [-0.39, 0.29) is 23.4 Å². The number of carbonyl (C=O) groups is 2. The van der Waals surface area contributed by atoms with Gasteiger partial charge in [-0.1, -0.05) is 0 Å². The van der Waals surface area contributed by atoms with Gasteiger partial charge in [0.15, 0.2) is 0 Å². The fraction of sp³-hybridized carbons (Fsp3) is 0.818. The zero-order valence-electron chi connectivity index (χ0n) is 9.25. The molecule has 1 heterocycles. The normalized spacial score (nSPS) is 20.0. The molecule has 0 aliphatic carbocycles. The van der Waals surface area contributed by atoms with Crippen LogP contribution in [-0.4, -0.2) is 36.6 Å². The van der Waals surface area contributed by atoms with E-state index in [1.165, 1.54) is 13.8 Å². The number of hydrogen-bond acceptors (Lipinski definition) is 3. The van der Waals surface area contributed by atoms with Gasteiger partial charge in [-0.25, -0.2) is 0 Å². The molecule has 14 heavy (non-hydrogen) atoms. The monoisotopic (exact) mass is 197 g/mol. The van der Waals surface area contributed by atoms with E-state index in [2.05, 4.69) is 11.9 Å². The minimum absolute atomic E-state index is 0.0343. The lowest BCUT2D eigenvalue weighted by Gasteiger charge is -2.32. The first-order valence-corrected chi connectivity index (χ1v) is 5.22. The molecular formula is C11H19NO2. The van der Waals surface area contributed by atoms with Crippen LogP contribution in [-0.2, 0) is 9.59 Å². The van der Waals surface area contributed by atoms with Gasteiger partial charge < -0.3 is 4.90 Å². The van der Waals surface area contributed by atoms with Gasteiger partial charge in [0.2, 0.25) is 0 Å². The Morgan fingerprint density at radius 2 is 1.57 bits per heavy atom. The molecular weight excluding hydrogens is 178 g/mol. The first-order chi connectivity index (χ1) is 6.52. The highest BCUT2D eigenvalue weighted by atomic mass is 16.1. The lowest BCUT2D eigenvalue weighted by Crippen LogP contribution is -2.37. The van der Waals surface area contributed by atoms with Gasteiger partial charge in [0.25, 0.3) is 0 Å². The van der Waals surface area contributed by atoms with E-state index >= 15 is 0 Å². The number of rotatable bonds is 3. The van der Waals surface area contributed by atoms with E-state index in [0.29, 0.717) is 0 Å². The molecule has 0 N–H and O–H groups in total. The predicted octanol–water partition coefficient (Wildman–Crippen LogP) is 1.12. The van der Waals surface area contributed by atoms with Gasteiger partial charge >= 0.3 is 0 Å². The van der Waals surface area contributed by atoms with Gasteiger partial charge in [-0.15, -0.1) is 0 Å². The van der Waals surface area contributed by atoms with Crippen LogP contribution in [0.15, 0.2) is 0 Å². The first-order valence-electron chi connectivity index (χ1n) is 5.22. The maximum absolute atomic E-state index is 11.3. The molecule has 0 unspecified atom stereocenters. The molecule has 1 fully saturated rings.